The Labute approximate surface area is 154 Å². The van der Waals surface area contributed by atoms with Crippen LogP contribution in [0.4, 0.5) is 0 Å². The summed E-state index contributed by atoms with van der Waals surface area (Å²) < 4.78 is 0. The molecule has 2 atom stereocenters. The molecular formula is C20H27N3O3. The maximum atomic E-state index is 12.8. The Balaban J connectivity index is 1.49. The molecule has 6 heteroatoms. The highest BCUT2D eigenvalue weighted by Gasteiger charge is 2.39. The van der Waals surface area contributed by atoms with Gasteiger partial charge < -0.3 is 20.2 Å². The maximum absolute atomic E-state index is 12.8. The molecule has 2 unspecified atom stereocenters. The molecule has 2 N–H and O–H groups in total. The summed E-state index contributed by atoms with van der Waals surface area (Å²) in [6.07, 6.45) is 2.21. The molecule has 0 radical (unpaired) electrons. The van der Waals surface area contributed by atoms with Crippen molar-refractivity contribution in [1.82, 2.24) is 15.1 Å². The van der Waals surface area contributed by atoms with Crippen LogP contribution < -0.4 is 5.32 Å². The van der Waals surface area contributed by atoms with E-state index in [9.17, 15) is 14.7 Å². The molecule has 2 saturated heterocycles. The summed E-state index contributed by atoms with van der Waals surface area (Å²) >= 11 is 0. The van der Waals surface area contributed by atoms with Crippen LogP contribution in [0, 0.1) is 0 Å². The number of piperidine rings is 2. The molecule has 0 aliphatic carbocycles. The lowest BCUT2D eigenvalue weighted by molar-refractivity contribution is -0.129. The number of benzene rings is 1. The van der Waals surface area contributed by atoms with E-state index in [0.717, 1.165) is 43.6 Å². The van der Waals surface area contributed by atoms with Crippen molar-refractivity contribution in [1.29, 1.82) is 0 Å². The summed E-state index contributed by atoms with van der Waals surface area (Å²) in [4.78, 5) is 28.4. The lowest BCUT2D eigenvalue weighted by Gasteiger charge is -2.35. The van der Waals surface area contributed by atoms with Gasteiger partial charge in [0.05, 0.1) is 6.04 Å². The van der Waals surface area contributed by atoms with Crippen LogP contribution in [-0.4, -0.2) is 58.6 Å². The number of carbonyl (C=O) groups excluding carboxylic acids is 2. The van der Waals surface area contributed by atoms with E-state index in [1.54, 1.807) is 4.90 Å². The minimum atomic E-state index is -0.979. The predicted molar refractivity (Wildman–Crippen MR) is 97.6 cm³/mol. The summed E-state index contributed by atoms with van der Waals surface area (Å²) in [6.45, 7) is 6.11. The summed E-state index contributed by atoms with van der Waals surface area (Å²) in [5, 5.41) is 12.7. The topological polar surface area (TPSA) is 72.9 Å². The fraction of sp³-hybridized carbons (Fsp3) is 0.600. The van der Waals surface area contributed by atoms with Crippen molar-refractivity contribution < 1.29 is 14.7 Å². The largest absolute Gasteiger partial charge is 0.372 e. The van der Waals surface area contributed by atoms with Gasteiger partial charge in [-0.3, -0.25) is 9.59 Å². The Morgan fingerprint density at radius 1 is 1.19 bits per heavy atom. The smallest absolute Gasteiger partial charge is 0.254 e. The van der Waals surface area contributed by atoms with Gasteiger partial charge in [0, 0.05) is 18.5 Å². The molecule has 1 aromatic rings. The van der Waals surface area contributed by atoms with Gasteiger partial charge in [-0.2, -0.15) is 0 Å². The highest BCUT2D eigenvalue weighted by Crippen LogP contribution is 2.33. The molecule has 6 nitrogen and oxygen atoms in total. The van der Waals surface area contributed by atoms with Gasteiger partial charge in [0.25, 0.3) is 5.91 Å². The Kier molecular flexibility index (Phi) is 4.71. The van der Waals surface area contributed by atoms with Crippen molar-refractivity contribution in [3.05, 3.63) is 34.9 Å². The number of likely N-dealkylation sites (tertiary alicyclic amines) is 1. The number of nitrogens with one attached hydrogen (secondary N) is 1. The van der Waals surface area contributed by atoms with Crippen LogP contribution in [0.3, 0.4) is 0 Å². The molecule has 0 spiro atoms. The first-order valence-corrected chi connectivity index (χ1v) is 9.70. The van der Waals surface area contributed by atoms with Crippen LogP contribution in [0.5, 0.6) is 0 Å². The number of amides is 2. The van der Waals surface area contributed by atoms with E-state index in [1.165, 1.54) is 5.56 Å². The third-order valence-electron chi connectivity index (χ3n) is 6.21. The van der Waals surface area contributed by atoms with E-state index in [4.69, 9.17) is 0 Å². The Bertz CT molecular complexity index is 712. The Hall–Kier alpha value is -1.92. The second-order valence-corrected chi connectivity index (χ2v) is 7.68. The maximum Gasteiger partial charge on any atom is 0.254 e. The molecule has 26 heavy (non-hydrogen) atoms. The van der Waals surface area contributed by atoms with Gasteiger partial charge >= 0.3 is 0 Å². The van der Waals surface area contributed by atoms with E-state index < -0.39 is 6.23 Å². The molecule has 0 bridgehead atoms. The molecular weight excluding hydrogens is 330 g/mol. The van der Waals surface area contributed by atoms with Gasteiger partial charge in [0.15, 0.2) is 0 Å². The van der Waals surface area contributed by atoms with E-state index in [0.29, 0.717) is 25.3 Å². The van der Waals surface area contributed by atoms with Crippen LogP contribution in [0.25, 0.3) is 0 Å². The third kappa shape index (κ3) is 3.12. The predicted octanol–water partition coefficient (Wildman–Crippen LogP) is 1.44. The Morgan fingerprint density at radius 3 is 2.65 bits per heavy atom. The minimum absolute atomic E-state index is 0.0347. The van der Waals surface area contributed by atoms with Crippen molar-refractivity contribution in [3.8, 4) is 0 Å². The molecule has 0 saturated carbocycles. The van der Waals surface area contributed by atoms with E-state index in [1.807, 2.05) is 6.07 Å². The molecule has 1 aromatic carbocycles. The fourth-order valence-corrected chi connectivity index (χ4v) is 4.56. The lowest BCUT2D eigenvalue weighted by atomic mass is 9.88. The summed E-state index contributed by atoms with van der Waals surface area (Å²) in [5.74, 6) is 0.373. The molecule has 3 heterocycles. The van der Waals surface area contributed by atoms with Gasteiger partial charge in [-0.25, -0.2) is 0 Å². The van der Waals surface area contributed by atoms with E-state index in [-0.39, 0.29) is 17.9 Å². The number of fused-ring (bicyclic) bond motifs is 1. The van der Waals surface area contributed by atoms with Crippen LogP contribution in [0.2, 0.25) is 0 Å². The van der Waals surface area contributed by atoms with Crippen LogP contribution >= 0.6 is 0 Å². The quantitative estimate of drug-likeness (QED) is 0.859. The zero-order valence-electron chi connectivity index (χ0n) is 15.3. The number of aliphatic hydroxyl groups is 1. The number of aliphatic hydroxyl groups excluding tert-OH is 1. The van der Waals surface area contributed by atoms with E-state index >= 15 is 0 Å². The molecule has 3 aliphatic rings. The average Bonchev–Trinajstić information content (AvgIpc) is 2.98. The molecule has 0 aromatic heterocycles. The van der Waals surface area contributed by atoms with Crippen LogP contribution in [0.15, 0.2) is 18.2 Å². The van der Waals surface area contributed by atoms with Crippen molar-refractivity contribution in [3.63, 3.8) is 0 Å². The number of hydrogen-bond acceptors (Lipinski definition) is 4. The molecule has 4 rings (SSSR count). The lowest BCUT2D eigenvalue weighted by Crippen LogP contribution is -2.55. The second-order valence-electron chi connectivity index (χ2n) is 7.68. The van der Waals surface area contributed by atoms with E-state index in [2.05, 4.69) is 29.3 Å². The second kappa shape index (κ2) is 7.00. The van der Waals surface area contributed by atoms with Crippen LogP contribution in [-0.2, 0) is 11.3 Å². The summed E-state index contributed by atoms with van der Waals surface area (Å²) in [6, 6.07) is 5.90. The number of hydrogen-bond donors (Lipinski definition) is 2. The zero-order valence-corrected chi connectivity index (χ0v) is 15.3. The van der Waals surface area contributed by atoms with Crippen molar-refractivity contribution >= 4 is 11.8 Å². The minimum Gasteiger partial charge on any atom is -0.372 e. The molecule has 3 aliphatic heterocycles. The summed E-state index contributed by atoms with van der Waals surface area (Å²) in [5.41, 5.74) is 3.12. The van der Waals surface area contributed by atoms with Gasteiger partial charge in [-0.15, -0.1) is 0 Å². The monoisotopic (exact) mass is 357 g/mol. The van der Waals surface area contributed by atoms with Gasteiger partial charge in [-0.05, 0) is 62.0 Å². The van der Waals surface area contributed by atoms with Gasteiger partial charge in [0.1, 0.15) is 6.23 Å². The first-order chi connectivity index (χ1) is 12.6. The standard InChI is InChI=1S/C20H27N3O3/c1-2-22-9-7-13(8-10-22)14-3-4-16-15(11-14)12-23(20(16)26)17-5-6-18(24)21-19(17)25/h3-4,11,13,17,19,25H,2,5-10,12H2,1H3,(H,21,24). The summed E-state index contributed by atoms with van der Waals surface area (Å²) in [7, 11) is 0. The zero-order chi connectivity index (χ0) is 18.3. The SMILES string of the molecule is CCN1CCC(c2ccc3c(c2)CN(C2CCC(=O)NC2O)C3=O)CC1. The molecule has 2 fully saturated rings. The normalized spacial score (nSPS) is 27.5. The first kappa shape index (κ1) is 17.5. The number of nitrogens with zero attached hydrogens (tertiary/aromatic N) is 2. The number of rotatable bonds is 3. The van der Waals surface area contributed by atoms with Gasteiger partial charge in [-0.1, -0.05) is 19.1 Å². The first-order valence-electron chi connectivity index (χ1n) is 9.70. The fourth-order valence-electron chi connectivity index (χ4n) is 4.56. The number of carbonyl (C=O) groups is 2. The average molecular weight is 357 g/mol. The molecule has 140 valence electrons. The van der Waals surface area contributed by atoms with Crippen molar-refractivity contribution in [2.24, 2.45) is 0 Å². The van der Waals surface area contributed by atoms with Crippen LogP contribution in [0.1, 0.15) is 60.0 Å². The third-order valence-corrected chi connectivity index (χ3v) is 6.21. The van der Waals surface area contributed by atoms with Crippen molar-refractivity contribution in [2.75, 3.05) is 19.6 Å². The highest BCUT2D eigenvalue weighted by atomic mass is 16.3. The Morgan fingerprint density at radius 2 is 1.96 bits per heavy atom. The molecule has 2 amide bonds. The highest BCUT2D eigenvalue weighted by molar-refractivity contribution is 5.98. The van der Waals surface area contributed by atoms with Gasteiger partial charge in [0.2, 0.25) is 5.91 Å². The van der Waals surface area contributed by atoms with Crippen molar-refractivity contribution in [2.45, 2.75) is 57.3 Å².